The summed E-state index contributed by atoms with van der Waals surface area (Å²) in [5.74, 6) is 1.08. The third-order valence-corrected chi connectivity index (χ3v) is 6.15. The number of hydrogen-bond donors (Lipinski definition) is 2. The van der Waals surface area contributed by atoms with Crippen LogP contribution in [0, 0.1) is 6.92 Å². The molecule has 1 aromatic heterocycles. The van der Waals surface area contributed by atoms with E-state index in [1.54, 1.807) is 30.6 Å². The van der Waals surface area contributed by atoms with Gasteiger partial charge in [-0.2, -0.15) is 0 Å². The molecule has 158 valence electrons. The SMILES string of the molecule is COc1cccc(OC)c1/N=C(/S)NS(=O)(=O)C(C)C(OC)c1ncc(C)cn1. The second-order valence-electron chi connectivity index (χ2n) is 6.07. The molecule has 0 bridgehead atoms. The van der Waals surface area contributed by atoms with Crippen LogP contribution in [0.15, 0.2) is 35.6 Å². The molecule has 0 spiro atoms. The van der Waals surface area contributed by atoms with Crippen LogP contribution in [-0.4, -0.2) is 50.1 Å². The van der Waals surface area contributed by atoms with Crippen LogP contribution in [0.4, 0.5) is 5.69 Å². The number of aromatic nitrogens is 2. The Bertz CT molecular complexity index is 942. The quantitative estimate of drug-likeness (QED) is 0.368. The van der Waals surface area contributed by atoms with Gasteiger partial charge in [0.15, 0.2) is 11.0 Å². The highest BCUT2D eigenvalue weighted by Crippen LogP contribution is 2.37. The number of aliphatic imine (C=N–C) groups is 1. The molecule has 0 aliphatic carbocycles. The van der Waals surface area contributed by atoms with E-state index in [2.05, 4.69) is 32.3 Å². The third-order valence-electron chi connectivity index (χ3n) is 4.08. The van der Waals surface area contributed by atoms with E-state index >= 15 is 0 Å². The first kappa shape index (κ1) is 22.9. The molecule has 0 aliphatic rings. The van der Waals surface area contributed by atoms with Crippen LogP contribution in [0.1, 0.15) is 24.4 Å². The summed E-state index contributed by atoms with van der Waals surface area (Å²) in [6.45, 7) is 3.33. The Morgan fingerprint density at radius 1 is 1.14 bits per heavy atom. The molecule has 0 radical (unpaired) electrons. The van der Waals surface area contributed by atoms with E-state index in [9.17, 15) is 8.42 Å². The summed E-state index contributed by atoms with van der Waals surface area (Å²) in [6.07, 6.45) is 2.32. The summed E-state index contributed by atoms with van der Waals surface area (Å²) in [5, 5.41) is -1.17. The van der Waals surface area contributed by atoms with Gasteiger partial charge in [-0.15, -0.1) is 12.6 Å². The lowest BCUT2D eigenvalue weighted by Gasteiger charge is -2.22. The number of nitrogens with zero attached hydrogens (tertiary/aromatic N) is 3. The summed E-state index contributed by atoms with van der Waals surface area (Å²) in [6, 6.07) is 5.08. The van der Waals surface area contributed by atoms with E-state index in [0.29, 0.717) is 17.2 Å². The molecule has 29 heavy (non-hydrogen) atoms. The Labute approximate surface area is 176 Å². The number of rotatable bonds is 8. The second-order valence-corrected chi connectivity index (χ2v) is 8.53. The molecule has 2 atom stereocenters. The number of benzene rings is 1. The molecule has 2 aromatic rings. The molecule has 0 saturated heterocycles. The van der Waals surface area contributed by atoms with E-state index in [4.69, 9.17) is 14.2 Å². The fourth-order valence-corrected chi connectivity index (χ4v) is 4.04. The highest BCUT2D eigenvalue weighted by Gasteiger charge is 2.33. The summed E-state index contributed by atoms with van der Waals surface area (Å²) in [7, 11) is 0.416. The van der Waals surface area contributed by atoms with E-state index in [1.165, 1.54) is 28.3 Å². The van der Waals surface area contributed by atoms with E-state index in [-0.39, 0.29) is 11.0 Å². The molecule has 2 unspecified atom stereocenters. The maximum atomic E-state index is 12.8. The van der Waals surface area contributed by atoms with Crippen LogP contribution >= 0.6 is 12.6 Å². The number of ether oxygens (including phenoxy) is 3. The van der Waals surface area contributed by atoms with Crippen molar-refractivity contribution >= 4 is 33.5 Å². The molecule has 1 heterocycles. The maximum Gasteiger partial charge on any atom is 0.239 e. The Kier molecular flexibility index (Phi) is 7.82. The minimum atomic E-state index is -3.93. The van der Waals surface area contributed by atoms with Crippen molar-refractivity contribution in [1.29, 1.82) is 0 Å². The number of thiol groups is 1. The van der Waals surface area contributed by atoms with Gasteiger partial charge in [-0.05, 0) is 31.5 Å². The Hall–Kier alpha value is -2.37. The van der Waals surface area contributed by atoms with Crippen molar-refractivity contribution in [1.82, 2.24) is 14.7 Å². The van der Waals surface area contributed by atoms with Gasteiger partial charge in [0.2, 0.25) is 10.0 Å². The largest absolute Gasteiger partial charge is 0.494 e. The zero-order valence-corrected chi connectivity index (χ0v) is 18.5. The smallest absolute Gasteiger partial charge is 0.239 e. The van der Waals surface area contributed by atoms with Gasteiger partial charge in [0.05, 0.1) is 14.2 Å². The summed E-state index contributed by atoms with van der Waals surface area (Å²) in [5.41, 5.74) is 1.16. The van der Waals surface area contributed by atoms with Crippen molar-refractivity contribution in [3.63, 3.8) is 0 Å². The third kappa shape index (κ3) is 5.58. The Balaban J connectivity index is 2.30. The van der Waals surface area contributed by atoms with Gasteiger partial charge in [0, 0.05) is 19.5 Å². The zero-order chi connectivity index (χ0) is 21.6. The van der Waals surface area contributed by atoms with Crippen LogP contribution in [0.3, 0.4) is 0 Å². The lowest BCUT2D eigenvalue weighted by Crippen LogP contribution is -2.39. The van der Waals surface area contributed by atoms with Crippen molar-refractivity contribution in [2.45, 2.75) is 25.2 Å². The number of hydrogen-bond acceptors (Lipinski definition) is 8. The number of methoxy groups -OCH3 is 3. The van der Waals surface area contributed by atoms with Gasteiger partial charge >= 0.3 is 0 Å². The van der Waals surface area contributed by atoms with Gasteiger partial charge in [0.1, 0.15) is 28.5 Å². The van der Waals surface area contributed by atoms with Crippen molar-refractivity contribution in [3.8, 4) is 11.5 Å². The van der Waals surface area contributed by atoms with E-state index < -0.39 is 21.4 Å². The van der Waals surface area contributed by atoms with Gasteiger partial charge < -0.3 is 14.2 Å². The predicted molar refractivity (Wildman–Crippen MR) is 114 cm³/mol. The van der Waals surface area contributed by atoms with E-state index in [1.807, 2.05) is 6.92 Å². The first-order valence-electron chi connectivity index (χ1n) is 8.55. The van der Waals surface area contributed by atoms with Crippen LogP contribution < -0.4 is 14.2 Å². The molecule has 9 nitrogen and oxygen atoms in total. The molecule has 0 aliphatic heterocycles. The van der Waals surface area contributed by atoms with Crippen LogP contribution in [-0.2, 0) is 14.8 Å². The van der Waals surface area contributed by atoms with Crippen LogP contribution in [0.5, 0.6) is 11.5 Å². The summed E-state index contributed by atoms with van der Waals surface area (Å²) in [4.78, 5) is 12.5. The summed E-state index contributed by atoms with van der Waals surface area (Å²) >= 11 is 4.18. The van der Waals surface area contributed by atoms with Gasteiger partial charge in [-0.1, -0.05) is 6.07 Å². The second kappa shape index (κ2) is 9.90. The van der Waals surface area contributed by atoms with Gasteiger partial charge in [0.25, 0.3) is 0 Å². The molecular formula is C18H24N4O5S2. The average Bonchev–Trinajstić information content (AvgIpc) is 2.69. The number of sulfonamides is 1. The monoisotopic (exact) mass is 440 g/mol. The topological polar surface area (TPSA) is 112 Å². The Morgan fingerprint density at radius 3 is 2.17 bits per heavy atom. The number of para-hydroxylation sites is 1. The molecule has 0 amide bonds. The van der Waals surface area contributed by atoms with Crippen LogP contribution in [0.25, 0.3) is 0 Å². The van der Waals surface area contributed by atoms with E-state index in [0.717, 1.165) is 5.56 Å². The number of aryl methyl sites for hydroxylation is 1. The minimum Gasteiger partial charge on any atom is -0.494 e. The average molecular weight is 441 g/mol. The highest BCUT2D eigenvalue weighted by atomic mass is 32.2. The lowest BCUT2D eigenvalue weighted by molar-refractivity contribution is 0.0947. The molecule has 0 saturated carbocycles. The molecule has 1 N–H and O–H groups in total. The van der Waals surface area contributed by atoms with Crippen molar-refractivity contribution in [3.05, 3.63) is 42.0 Å². The van der Waals surface area contributed by atoms with Crippen LogP contribution in [0.2, 0.25) is 0 Å². The fourth-order valence-electron chi connectivity index (χ4n) is 2.51. The number of nitrogens with one attached hydrogen (secondary N) is 1. The minimum absolute atomic E-state index is 0.153. The first-order chi connectivity index (χ1) is 13.7. The van der Waals surface area contributed by atoms with Gasteiger partial charge in [-0.3, -0.25) is 4.72 Å². The zero-order valence-electron chi connectivity index (χ0n) is 16.8. The highest BCUT2D eigenvalue weighted by molar-refractivity contribution is 8.00. The van der Waals surface area contributed by atoms with Crippen molar-refractivity contribution in [2.24, 2.45) is 4.99 Å². The first-order valence-corrected chi connectivity index (χ1v) is 10.5. The Morgan fingerprint density at radius 2 is 1.69 bits per heavy atom. The molecular weight excluding hydrogens is 416 g/mol. The molecule has 1 aromatic carbocycles. The maximum absolute atomic E-state index is 12.8. The van der Waals surface area contributed by atoms with Crippen molar-refractivity contribution in [2.75, 3.05) is 21.3 Å². The van der Waals surface area contributed by atoms with Crippen molar-refractivity contribution < 1.29 is 22.6 Å². The standard InChI is InChI=1S/C18H24N4O5S2/c1-11-9-19-17(20-10-11)16(27-5)12(2)29(23,24)22-18(28)21-15-13(25-3)7-6-8-14(15)26-4/h6-10,12,16H,1-5H3,(H2,21,22,28). The summed E-state index contributed by atoms with van der Waals surface area (Å²) < 4.78 is 43.9. The molecule has 11 heteroatoms. The molecule has 0 fully saturated rings. The lowest BCUT2D eigenvalue weighted by atomic mass is 10.2. The fraction of sp³-hybridized carbons (Fsp3) is 0.389. The normalized spacial score (nSPS) is 14.2. The predicted octanol–water partition coefficient (Wildman–Crippen LogP) is 2.42. The molecule has 2 rings (SSSR count). The van der Waals surface area contributed by atoms with Gasteiger partial charge in [-0.25, -0.2) is 23.4 Å². The number of amidine groups is 1.